The van der Waals surface area contributed by atoms with E-state index in [-0.39, 0.29) is 36.0 Å². The Labute approximate surface area is 147 Å². The summed E-state index contributed by atoms with van der Waals surface area (Å²) in [6.45, 7) is 0. The van der Waals surface area contributed by atoms with Crippen molar-refractivity contribution < 1.29 is 19.1 Å². The fourth-order valence-corrected chi connectivity index (χ4v) is 3.67. The lowest BCUT2D eigenvalue weighted by molar-refractivity contribution is -0.146. The molecule has 3 rings (SSSR count). The van der Waals surface area contributed by atoms with Crippen molar-refractivity contribution >= 4 is 23.5 Å². The van der Waals surface area contributed by atoms with Crippen molar-refractivity contribution in [3.05, 3.63) is 29.8 Å². The molecular weight excluding hydrogens is 320 g/mol. The first-order valence-corrected chi connectivity index (χ1v) is 8.82. The van der Waals surface area contributed by atoms with Gasteiger partial charge in [0.05, 0.1) is 18.9 Å². The molecule has 1 heterocycles. The number of amides is 2. The zero-order valence-electron chi connectivity index (χ0n) is 14.4. The van der Waals surface area contributed by atoms with Gasteiger partial charge >= 0.3 is 5.97 Å². The molecular formula is C19H24N2O4. The Balaban J connectivity index is 1.49. The number of imide groups is 1. The van der Waals surface area contributed by atoms with Crippen LogP contribution in [-0.4, -0.2) is 30.9 Å². The molecule has 1 aromatic carbocycles. The molecule has 1 saturated heterocycles. The van der Waals surface area contributed by atoms with E-state index in [1.165, 1.54) is 7.11 Å². The Kier molecular flexibility index (Phi) is 5.36. The molecule has 0 spiro atoms. The summed E-state index contributed by atoms with van der Waals surface area (Å²) in [4.78, 5) is 34.4. The van der Waals surface area contributed by atoms with Gasteiger partial charge in [0.25, 0.3) is 0 Å². The van der Waals surface area contributed by atoms with E-state index in [0.29, 0.717) is 12.5 Å². The fourth-order valence-electron chi connectivity index (χ4n) is 3.67. The molecule has 1 atom stereocenters. The van der Waals surface area contributed by atoms with E-state index in [2.05, 4.69) is 10.6 Å². The average molecular weight is 344 g/mol. The van der Waals surface area contributed by atoms with Crippen LogP contribution in [0.1, 0.15) is 37.7 Å². The number of ether oxygens (including phenoxy) is 1. The summed E-state index contributed by atoms with van der Waals surface area (Å²) < 4.78 is 4.82. The minimum Gasteiger partial charge on any atom is -0.469 e. The van der Waals surface area contributed by atoms with Crippen LogP contribution in [0.3, 0.4) is 0 Å². The van der Waals surface area contributed by atoms with Crippen LogP contribution in [0, 0.1) is 11.8 Å². The lowest BCUT2D eigenvalue weighted by Gasteiger charge is -2.28. The molecule has 2 amide bonds. The van der Waals surface area contributed by atoms with Crippen molar-refractivity contribution in [2.45, 2.75) is 44.6 Å². The number of rotatable bonds is 5. The van der Waals surface area contributed by atoms with Crippen LogP contribution in [0.25, 0.3) is 0 Å². The zero-order valence-corrected chi connectivity index (χ0v) is 14.4. The first-order valence-electron chi connectivity index (χ1n) is 8.82. The lowest BCUT2D eigenvalue weighted by atomic mass is 9.86. The number of hydrogen-bond donors (Lipinski definition) is 2. The van der Waals surface area contributed by atoms with Gasteiger partial charge < -0.3 is 10.1 Å². The zero-order chi connectivity index (χ0) is 17.8. The van der Waals surface area contributed by atoms with Gasteiger partial charge in [0.15, 0.2) is 0 Å². The van der Waals surface area contributed by atoms with Gasteiger partial charge in [0.1, 0.15) is 0 Å². The summed E-state index contributed by atoms with van der Waals surface area (Å²) in [6, 6.07) is 8.38. The van der Waals surface area contributed by atoms with Crippen LogP contribution in [0.5, 0.6) is 0 Å². The van der Waals surface area contributed by atoms with Gasteiger partial charge in [-0.1, -0.05) is 12.1 Å². The molecule has 0 bridgehead atoms. The lowest BCUT2D eigenvalue weighted by Crippen LogP contribution is -2.29. The topological polar surface area (TPSA) is 84.5 Å². The Morgan fingerprint density at radius 1 is 1.16 bits per heavy atom. The second-order valence-electron chi connectivity index (χ2n) is 6.93. The van der Waals surface area contributed by atoms with Crippen molar-refractivity contribution in [3.8, 4) is 0 Å². The summed E-state index contributed by atoms with van der Waals surface area (Å²) >= 11 is 0. The first kappa shape index (κ1) is 17.5. The van der Waals surface area contributed by atoms with E-state index in [1.807, 2.05) is 24.3 Å². The standard InChI is InChI=1S/C19H24N2O4/c1-25-19(24)13-4-8-16(9-5-13)20-15-6-2-12(3-7-15)10-14-11-17(22)21-18(14)23/h2-3,6-7,13-14,16,20H,4-5,8-11H2,1H3,(H,21,22,23)/t13?,14-,16?/m0/s1. The highest BCUT2D eigenvalue weighted by molar-refractivity contribution is 6.03. The number of nitrogens with one attached hydrogen (secondary N) is 2. The van der Waals surface area contributed by atoms with Gasteiger partial charge in [-0.15, -0.1) is 0 Å². The molecule has 0 aromatic heterocycles. The number of methoxy groups -OCH3 is 1. The summed E-state index contributed by atoms with van der Waals surface area (Å²) in [5.74, 6) is -0.673. The third kappa shape index (κ3) is 4.38. The molecule has 0 radical (unpaired) electrons. The molecule has 2 aliphatic rings. The van der Waals surface area contributed by atoms with Crippen LogP contribution in [0.2, 0.25) is 0 Å². The molecule has 6 heteroatoms. The van der Waals surface area contributed by atoms with Crippen LogP contribution in [-0.2, 0) is 25.5 Å². The first-order chi connectivity index (χ1) is 12.0. The Bertz CT molecular complexity index is 648. The number of benzene rings is 1. The van der Waals surface area contributed by atoms with E-state index in [9.17, 15) is 14.4 Å². The highest BCUT2D eigenvalue weighted by atomic mass is 16.5. The number of hydrogen-bond acceptors (Lipinski definition) is 5. The fraction of sp³-hybridized carbons (Fsp3) is 0.526. The Morgan fingerprint density at radius 2 is 1.84 bits per heavy atom. The van der Waals surface area contributed by atoms with Gasteiger partial charge in [-0.3, -0.25) is 19.7 Å². The maximum atomic E-state index is 11.6. The molecule has 1 saturated carbocycles. The van der Waals surface area contributed by atoms with Crippen LogP contribution in [0.15, 0.2) is 24.3 Å². The van der Waals surface area contributed by atoms with E-state index < -0.39 is 0 Å². The summed E-state index contributed by atoms with van der Waals surface area (Å²) in [5, 5.41) is 5.85. The van der Waals surface area contributed by atoms with Gasteiger partial charge in [-0.25, -0.2) is 0 Å². The highest BCUT2D eigenvalue weighted by Crippen LogP contribution is 2.28. The molecule has 6 nitrogen and oxygen atoms in total. The number of esters is 1. The molecule has 2 N–H and O–H groups in total. The third-order valence-corrected chi connectivity index (χ3v) is 5.13. The maximum Gasteiger partial charge on any atom is 0.308 e. The average Bonchev–Trinajstić information content (AvgIpc) is 2.94. The van der Waals surface area contributed by atoms with Crippen molar-refractivity contribution in [1.29, 1.82) is 0 Å². The second kappa shape index (κ2) is 7.68. The van der Waals surface area contributed by atoms with Crippen LogP contribution >= 0.6 is 0 Å². The largest absolute Gasteiger partial charge is 0.469 e. The minimum absolute atomic E-state index is 0.0331. The van der Waals surface area contributed by atoms with Crippen molar-refractivity contribution in [1.82, 2.24) is 5.32 Å². The number of carbonyl (C=O) groups is 3. The SMILES string of the molecule is COC(=O)C1CCC(Nc2ccc(C[C@H]3CC(=O)NC3=O)cc2)CC1. The Morgan fingerprint density at radius 3 is 2.40 bits per heavy atom. The van der Waals surface area contributed by atoms with Gasteiger partial charge in [-0.2, -0.15) is 0 Å². The predicted molar refractivity (Wildman–Crippen MR) is 92.8 cm³/mol. The maximum absolute atomic E-state index is 11.6. The second-order valence-corrected chi connectivity index (χ2v) is 6.93. The molecule has 2 fully saturated rings. The quantitative estimate of drug-likeness (QED) is 0.631. The van der Waals surface area contributed by atoms with Crippen LogP contribution in [0.4, 0.5) is 5.69 Å². The normalized spacial score (nSPS) is 26.2. The Hall–Kier alpha value is -2.37. The molecule has 1 aliphatic heterocycles. The molecule has 1 aliphatic carbocycles. The molecule has 25 heavy (non-hydrogen) atoms. The smallest absolute Gasteiger partial charge is 0.308 e. The minimum atomic E-state index is -0.250. The van der Waals surface area contributed by atoms with Gasteiger partial charge in [-0.05, 0) is 49.8 Å². The highest BCUT2D eigenvalue weighted by Gasteiger charge is 2.30. The van der Waals surface area contributed by atoms with Gasteiger partial charge in [0.2, 0.25) is 11.8 Å². The van der Waals surface area contributed by atoms with E-state index in [0.717, 1.165) is 36.9 Å². The van der Waals surface area contributed by atoms with Crippen molar-refractivity contribution in [2.24, 2.45) is 11.8 Å². The van der Waals surface area contributed by atoms with E-state index >= 15 is 0 Å². The summed E-state index contributed by atoms with van der Waals surface area (Å²) in [5.41, 5.74) is 2.09. The number of anilines is 1. The number of carbonyl (C=O) groups excluding carboxylic acids is 3. The molecule has 0 unspecified atom stereocenters. The van der Waals surface area contributed by atoms with E-state index in [4.69, 9.17) is 4.74 Å². The van der Waals surface area contributed by atoms with Crippen molar-refractivity contribution in [2.75, 3.05) is 12.4 Å². The molecule has 134 valence electrons. The third-order valence-electron chi connectivity index (χ3n) is 5.13. The summed E-state index contributed by atoms with van der Waals surface area (Å²) in [7, 11) is 1.44. The summed E-state index contributed by atoms with van der Waals surface area (Å²) in [6.07, 6.45) is 4.47. The molecule has 1 aromatic rings. The van der Waals surface area contributed by atoms with Crippen LogP contribution < -0.4 is 10.6 Å². The predicted octanol–water partition coefficient (Wildman–Crippen LogP) is 2.04. The van der Waals surface area contributed by atoms with Gasteiger partial charge in [0, 0.05) is 18.2 Å². The monoisotopic (exact) mass is 344 g/mol. The van der Waals surface area contributed by atoms with E-state index in [1.54, 1.807) is 0 Å². The van der Waals surface area contributed by atoms with Crippen molar-refractivity contribution in [3.63, 3.8) is 0 Å².